The Morgan fingerprint density at radius 2 is 1.80 bits per heavy atom. The molecule has 0 spiro atoms. The lowest BCUT2D eigenvalue weighted by Gasteiger charge is -2.03. The molecule has 2 aromatic rings. The highest BCUT2D eigenvalue weighted by Gasteiger charge is 2.02. The lowest BCUT2D eigenvalue weighted by atomic mass is 10.2. The molecule has 0 aliphatic carbocycles. The number of hydrogen-bond donors (Lipinski definition) is 1. The van der Waals surface area contributed by atoms with Crippen molar-refractivity contribution in [2.75, 3.05) is 0 Å². The molecule has 0 aliphatic heterocycles. The van der Waals surface area contributed by atoms with Gasteiger partial charge in [0, 0.05) is 11.1 Å². The highest BCUT2D eigenvalue weighted by Crippen LogP contribution is 2.27. The van der Waals surface area contributed by atoms with E-state index in [0.717, 1.165) is 9.79 Å². The molecular weight excluding hydrogens is 206 g/mol. The van der Waals surface area contributed by atoms with Crippen molar-refractivity contribution in [2.24, 2.45) is 0 Å². The van der Waals surface area contributed by atoms with E-state index in [1.54, 1.807) is 6.20 Å². The van der Waals surface area contributed by atoms with Crippen molar-refractivity contribution in [2.45, 2.75) is 16.7 Å². The van der Waals surface area contributed by atoms with Crippen LogP contribution in [0.4, 0.5) is 0 Å². The van der Waals surface area contributed by atoms with E-state index in [0.29, 0.717) is 0 Å². The van der Waals surface area contributed by atoms with Crippen LogP contribution in [0.25, 0.3) is 0 Å². The van der Waals surface area contributed by atoms with Crippen molar-refractivity contribution in [1.29, 1.82) is 0 Å². The number of pyridine rings is 1. The Labute approximate surface area is 92.4 Å². The maximum atomic E-state index is 11.5. The zero-order valence-electron chi connectivity index (χ0n) is 8.36. The molecule has 0 radical (unpaired) electrons. The van der Waals surface area contributed by atoms with Crippen LogP contribution in [-0.4, -0.2) is 4.98 Å². The van der Waals surface area contributed by atoms with Crippen molar-refractivity contribution in [3.8, 4) is 0 Å². The Morgan fingerprint density at radius 3 is 2.53 bits per heavy atom. The molecule has 0 amide bonds. The average molecular weight is 217 g/mol. The number of aryl methyl sites for hydroxylation is 1. The second-order valence-corrected chi connectivity index (χ2v) is 4.31. The molecule has 1 aromatic carbocycles. The maximum absolute atomic E-state index is 11.5. The molecule has 0 unspecified atom stereocenters. The van der Waals surface area contributed by atoms with Gasteiger partial charge in [-0.25, -0.2) is 0 Å². The molecule has 0 saturated heterocycles. The van der Waals surface area contributed by atoms with Gasteiger partial charge in [-0.15, -0.1) is 0 Å². The smallest absolute Gasteiger partial charge is 0.261 e. The summed E-state index contributed by atoms with van der Waals surface area (Å²) in [6.45, 7) is 2.04. The fourth-order valence-electron chi connectivity index (χ4n) is 1.28. The van der Waals surface area contributed by atoms with Gasteiger partial charge >= 0.3 is 0 Å². The molecule has 1 aromatic heterocycles. The fourth-order valence-corrected chi connectivity index (χ4v) is 2.19. The number of hydrogen-bond acceptors (Lipinski definition) is 2. The molecule has 0 bridgehead atoms. The first-order valence-corrected chi connectivity index (χ1v) is 5.50. The minimum atomic E-state index is -0.0363. The minimum Gasteiger partial charge on any atom is -0.328 e. The monoisotopic (exact) mass is 217 g/mol. The first kappa shape index (κ1) is 10.1. The molecule has 1 N–H and O–H groups in total. The van der Waals surface area contributed by atoms with Crippen molar-refractivity contribution in [1.82, 2.24) is 4.98 Å². The number of aromatic amines is 1. The average Bonchev–Trinajstić information content (AvgIpc) is 2.24. The molecule has 0 saturated carbocycles. The van der Waals surface area contributed by atoms with E-state index in [1.165, 1.54) is 17.3 Å². The Bertz CT molecular complexity index is 519. The van der Waals surface area contributed by atoms with Crippen LogP contribution < -0.4 is 5.56 Å². The summed E-state index contributed by atoms with van der Waals surface area (Å²) in [6, 6.07) is 11.7. The Morgan fingerprint density at radius 1 is 1.07 bits per heavy atom. The van der Waals surface area contributed by atoms with Crippen molar-refractivity contribution < 1.29 is 0 Å². The van der Waals surface area contributed by atoms with E-state index in [4.69, 9.17) is 0 Å². The summed E-state index contributed by atoms with van der Waals surface area (Å²) in [5, 5.41) is 0. The van der Waals surface area contributed by atoms with Gasteiger partial charge in [0.05, 0.1) is 4.90 Å². The van der Waals surface area contributed by atoms with Gasteiger partial charge in [0.2, 0.25) is 0 Å². The third kappa shape index (κ3) is 2.30. The van der Waals surface area contributed by atoms with Crippen LogP contribution in [0.15, 0.2) is 57.2 Å². The van der Waals surface area contributed by atoms with Gasteiger partial charge < -0.3 is 4.98 Å². The predicted octanol–water partition coefficient (Wildman–Crippen LogP) is 2.83. The third-order valence-corrected chi connectivity index (χ3v) is 3.31. The third-order valence-electron chi connectivity index (χ3n) is 2.10. The Balaban J connectivity index is 2.34. The van der Waals surface area contributed by atoms with Crippen LogP contribution in [0.5, 0.6) is 0 Å². The van der Waals surface area contributed by atoms with Gasteiger partial charge in [-0.3, -0.25) is 4.79 Å². The number of nitrogens with one attached hydrogen (secondary N) is 1. The molecule has 2 nitrogen and oxygen atoms in total. The topological polar surface area (TPSA) is 32.9 Å². The standard InChI is InChI=1S/C12H11NOS/c1-9-5-2-3-6-10(9)15-11-7-4-8-13-12(11)14/h2-8H,1H3,(H,13,14). The van der Waals surface area contributed by atoms with E-state index in [2.05, 4.69) is 4.98 Å². The second-order valence-electron chi connectivity index (χ2n) is 3.23. The van der Waals surface area contributed by atoms with E-state index in [9.17, 15) is 4.79 Å². The highest BCUT2D eigenvalue weighted by atomic mass is 32.2. The zero-order chi connectivity index (χ0) is 10.7. The largest absolute Gasteiger partial charge is 0.328 e. The Kier molecular flexibility index (Phi) is 2.92. The molecular formula is C12H11NOS. The first-order chi connectivity index (χ1) is 7.27. The van der Waals surface area contributed by atoms with Gasteiger partial charge in [-0.1, -0.05) is 30.0 Å². The molecule has 0 fully saturated rings. The molecule has 3 heteroatoms. The summed E-state index contributed by atoms with van der Waals surface area (Å²) in [6.07, 6.45) is 1.64. The second kappa shape index (κ2) is 4.36. The number of rotatable bonds is 2. The molecule has 0 atom stereocenters. The quantitative estimate of drug-likeness (QED) is 0.839. The van der Waals surface area contributed by atoms with Crippen molar-refractivity contribution >= 4 is 11.8 Å². The van der Waals surface area contributed by atoms with Crippen LogP contribution in [0.3, 0.4) is 0 Å². The van der Waals surface area contributed by atoms with Crippen LogP contribution in [-0.2, 0) is 0 Å². The summed E-state index contributed by atoms with van der Waals surface area (Å²) >= 11 is 1.50. The van der Waals surface area contributed by atoms with E-state index in [1.807, 2.05) is 43.3 Å². The molecule has 2 rings (SSSR count). The number of benzene rings is 1. The lowest BCUT2D eigenvalue weighted by molar-refractivity contribution is 1.14. The normalized spacial score (nSPS) is 10.2. The van der Waals surface area contributed by atoms with Gasteiger partial charge in [0.1, 0.15) is 0 Å². The van der Waals surface area contributed by atoms with Gasteiger partial charge in [-0.05, 0) is 30.7 Å². The van der Waals surface area contributed by atoms with Crippen molar-refractivity contribution in [3.05, 3.63) is 58.5 Å². The van der Waals surface area contributed by atoms with E-state index < -0.39 is 0 Å². The van der Waals surface area contributed by atoms with E-state index >= 15 is 0 Å². The lowest BCUT2D eigenvalue weighted by Crippen LogP contribution is -2.05. The van der Waals surface area contributed by atoms with Gasteiger partial charge in [0.15, 0.2) is 0 Å². The number of aromatic nitrogens is 1. The Hall–Kier alpha value is -1.48. The van der Waals surface area contributed by atoms with Crippen LogP contribution >= 0.6 is 11.8 Å². The molecule has 1 heterocycles. The van der Waals surface area contributed by atoms with Gasteiger partial charge in [-0.2, -0.15) is 0 Å². The first-order valence-electron chi connectivity index (χ1n) is 4.68. The molecule has 0 aliphatic rings. The number of H-pyrrole nitrogens is 1. The zero-order valence-corrected chi connectivity index (χ0v) is 9.17. The van der Waals surface area contributed by atoms with Gasteiger partial charge in [0.25, 0.3) is 5.56 Å². The van der Waals surface area contributed by atoms with Crippen LogP contribution in [0, 0.1) is 6.92 Å². The molecule has 76 valence electrons. The van der Waals surface area contributed by atoms with E-state index in [-0.39, 0.29) is 5.56 Å². The maximum Gasteiger partial charge on any atom is 0.261 e. The minimum absolute atomic E-state index is 0.0363. The summed E-state index contributed by atoms with van der Waals surface area (Å²) in [5.41, 5.74) is 1.15. The summed E-state index contributed by atoms with van der Waals surface area (Å²) in [7, 11) is 0. The predicted molar refractivity (Wildman–Crippen MR) is 62.4 cm³/mol. The summed E-state index contributed by atoms with van der Waals surface area (Å²) in [4.78, 5) is 16.0. The fraction of sp³-hybridized carbons (Fsp3) is 0.0833. The van der Waals surface area contributed by atoms with Crippen molar-refractivity contribution in [3.63, 3.8) is 0 Å². The summed E-state index contributed by atoms with van der Waals surface area (Å²) < 4.78 is 0. The van der Waals surface area contributed by atoms with Crippen LogP contribution in [0.1, 0.15) is 5.56 Å². The SMILES string of the molecule is Cc1ccccc1Sc1ccc[nH]c1=O. The van der Waals surface area contributed by atoms with Crippen LogP contribution in [0.2, 0.25) is 0 Å². The molecule has 15 heavy (non-hydrogen) atoms. The summed E-state index contributed by atoms with van der Waals surface area (Å²) in [5.74, 6) is 0. The highest BCUT2D eigenvalue weighted by molar-refractivity contribution is 7.99.